The fraction of sp³-hybridized carbons (Fsp3) is 0.130. The normalized spacial score (nSPS) is 9.97. The molecule has 2 N–H and O–H groups in total. The zero-order valence-corrected chi connectivity index (χ0v) is 16.2. The third kappa shape index (κ3) is 5.27. The first-order chi connectivity index (χ1) is 14.1. The monoisotopic (exact) mass is 387 g/mol. The van der Waals surface area contributed by atoms with Crippen LogP contribution in [0, 0.1) is 11.3 Å². The molecule has 0 aliphatic heterocycles. The number of anilines is 3. The van der Waals surface area contributed by atoms with Crippen molar-refractivity contribution in [2.45, 2.75) is 6.42 Å². The van der Waals surface area contributed by atoms with Crippen molar-refractivity contribution in [1.29, 1.82) is 5.26 Å². The average Bonchev–Trinajstić information content (AvgIpc) is 2.75. The van der Waals surface area contributed by atoms with Crippen molar-refractivity contribution in [2.75, 3.05) is 24.9 Å². The highest BCUT2D eigenvalue weighted by atomic mass is 16.5. The first kappa shape index (κ1) is 19.8. The summed E-state index contributed by atoms with van der Waals surface area (Å²) >= 11 is 0. The molecule has 0 aliphatic rings. The SMILES string of the molecule is COc1ccc(CC(=O)Nc2ccc(Nc3cccc(C#N)c3)cc2)cc1OC. The van der Waals surface area contributed by atoms with Crippen LogP contribution in [0.15, 0.2) is 66.7 Å². The summed E-state index contributed by atoms with van der Waals surface area (Å²) in [5.41, 5.74) is 3.81. The lowest BCUT2D eigenvalue weighted by Crippen LogP contribution is -2.14. The summed E-state index contributed by atoms with van der Waals surface area (Å²) in [6.45, 7) is 0. The van der Waals surface area contributed by atoms with Crippen molar-refractivity contribution >= 4 is 23.0 Å². The molecule has 0 aromatic heterocycles. The quantitative estimate of drug-likeness (QED) is 0.624. The number of carbonyl (C=O) groups excluding carboxylic acids is 1. The number of benzene rings is 3. The van der Waals surface area contributed by atoms with E-state index in [2.05, 4.69) is 16.7 Å². The minimum Gasteiger partial charge on any atom is -0.493 e. The smallest absolute Gasteiger partial charge is 0.228 e. The van der Waals surface area contributed by atoms with Gasteiger partial charge in [0.05, 0.1) is 32.3 Å². The lowest BCUT2D eigenvalue weighted by atomic mass is 10.1. The topological polar surface area (TPSA) is 83.4 Å². The summed E-state index contributed by atoms with van der Waals surface area (Å²) < 4.78 is 10.5. The number of hydrogen-bond acceptors (Lipinski definition) is 5. The summed E-state index contributed by atoms with van der Waals surface area (Å²) in [7, 11) is 3.14. The minimum absolute atomic E-state index is 0.125. The Labute approximate surface area is 169 Å². The van der Waals surface area contributed by atoms with Gasteiger partial charge in [0.25, 0.3) is 0 Å². The molecule has 146 valence electrons. The predicted molar refractivity (Wildman–Crippen MR) is 113 cm³/mol. The zero-order chi connectivity index (χ0) is 20.6. The van der Waals surface area contributed by atoms with Crippen LogP contribution in [-0.2, 0) is 11.2 Å². The summed E-state index contributed by atoms with van der Waals surface area (Å²) in [6, 6.07) is 22.1. The predicted octanol–water partition coefficient (Wildman–Crippen LogP) is 4.50. The van der Waals surface area contributed by atoms with Gasteiger partial charge in [-0.2, -0.15) is 5.26 Å². The van der Waals surface area contributed by atoms with E-state index < -0.39 is 0 Å². The Bertz CT molecular complexity index is 1040. The third-order valence-corrected chi connectivity index (χ3v) is 4.26. The van der Waals surface area contributed by atoms with Crippen LogP contribution < -0.4 is 20.1 Å². The van der Waals surface area contributed by atoms with Gasteiger partial charge in [-0.05, 0) is 60.2 Å². The largest absolute Gasteiger partial charge is 0.493 e. The molecule has 1 amide bonds. The Morgan fingerprint density at radius 1 is 0.897 bits per heavy atom. The second-order valence-electron chi connectivity index (χ2n) is 6.31. The van der Waals surface area contributed by atoms with Crippen LogP contribution in [0.1, 0.15) is 11.1 Å². The summed E-state index contributed by atoms with van der Waals surface area (Å²) in [6.07, 6.45) is 0.224. The van der Waals surface area contributed by atoms with Gasteiger partial charge in [-0.25, -0.2) is 0 Å². The molecule has 0 saturated heterocycles. The zero-order valence-electron chi connectivity index (χ0n) is 16.2. The van der Waals surface area contributed by atoms with E-state index in [1.165, 1.54) is 0 Å². The number of nitrogens with one attached hydrogen (secondary N) is 2. The number of hydrogen-bond donors (Lipinski definition) is 2. The molecule has 29 heavy (non-hydrogen) atoms. The molecule has 3 rings (SSSR count). The number of amides is 1. The Hall–Kier alpha value is -3.98. The second kappa shape index (κ2) is 9.29. The maximum atomic E-state index is 12.4. The van der Waals surface area contributed by atoms with Gasteiger partial charge in [0.15, 0.2) is 11.5 Å². The highest BCUT2D eigenvalue weighted by Crippen LogP contribution is 2.28. The maximum Gasteiger partial charge on any atom is 0.228 e. The van der Waals surface area contributed by atoms with Gasteiger partial charge in [-0.3, -0.25) is 4.79 Å². The number of methoxy groups -OCH3 is 2. The first-order valence-corrected chi connectivity index (χ1v) is 8.99. The van der Waals surface area contributed by atoms with Crippen molar-refractivity contribution in [1.82, 2.24) is 0 Å². The maximum absolute atomic E-state index is 12.4. The van der Waals surface area contributed by atoms with E-state index in [9.17, 15) is 4.79 Å². The Kier molecular flexibility index (Phi) is 6.33. The molecule has 0 spiro atoms. The van der Waals surface area contributed by atoms with E-state index >= 15 is 0 Å². The molecule has 0 atom stereocenters. The number of nitrogens with zero attached hydrogens (tertiary/aromatic N) is 1. The number of carbonyl (C=O) groups is 1. The van der Waals surface area contributed by atoms with Crippen molar-refractivity contribution in [2.24, 2.45) is 0 Å². The molecule has 0 aliphatic carbocycles. The molecule has 3 aromatic rings. The molecule has 0 unspecified atom stereocenters. The summed E-state index contributed by atoms with van der Waals surface area (Å²) in [5.74, 6) is 1.09. The second-order valence-corrected chi connectivity index (χ2v) is 6.31. The lowest BCUT2D eigenvalue weighted by molar-refractivity contribution is -0.115. The molecule has 0 heterocycles. The van der Waals surface area contributed by atoms with Gasteiger partial charge < -0.3 is 20.1 Å². The first-order valence-electron chi connectivity index (χ1n) is 8.99. The summed E-state index contributed by atoms with van der Waals surface area (Å²) in [5, 5.41) is 15.1. The standard InChI is InChI=1S/C23H21N3O3/c1-28-21-11-6-16(13-22(21)29-2)14-23(27)26-19-9-7-18(8-10-19)25-20-5-3-4-17(12-20)15-24/h3-13,25H,14H2,1-2H3,(H,26,27). The van der Waals surface area contributed by atoms with Crippen LogP contribution in [0.5, 0.6) is 11.5 Å². The Morgan fingerprint density at radius 2 is 1.62 bits per heavy atom. The van der Waals surface area contributed by atoms with Crippen LogP contribution in [0.2, 0.25) is 0 Å². The highest BCUT2D eigenvalue weighted by molar-refractivity contribution is 5.92. The number of rotatable bonds is 7. The minimum atomic E-state index is -0.125. The van der Waals surface area contributed by atoms with Gasteiger partial charge in [-0.15, -0.1) is 0 Å². The lowest BCUT2D eigenvalue weighted by Gasteiger charge is -2.11. The van der Waals surface area contributed by atoms with Crippen LogP contribution >= 0.6 is 0 Å². The van der Waals surface area contributed by atoms with Crippen molar-refractivity contribution in [3.63, 3.8) is 0 Å². The van der Waals surface area contributed by atoms with E-state index in [-0.39, 0.29) is 12.3 Å². The van der Waals surface area contributed by atoms with Crippen LogP contribution in [0.25, 0.3) is 0 Å². The third-order valence-electron chi connectivity index (χ3n) is 4.26. The van der Waals surface area contributed by atoms with Gasteiger partial charge in [0.1, 0.15) is 0 Å². The van der Waals surface area contributed by atoms with Crippen LogP contribution in [0.4, 0.5) is 17.1 Å². The van der Waals surface area contributed by atoms with E-state index in [0.717, 1.165) is 16.9 Å². The molecular formula is C23H21N3O3. The average molecular weight is 387 g/mol. The summed E-state index contributed by atoms with van der Waals surface area (Å²) in [4.78, 5) is 12.4. The van der Waals surface area contributed by atoms with Gasteiger partial charge >= 0.3 is 0 Å². The molecular weight excluding hydrogens is 366 g/mol. The van der Waals surface area contributed by atoms with E-state index in [1.807, 2.05) is 42.5 Å². The Balaban J connectivity index is 1.60. The van der Waals surface area contributed by atoms with Crippen LogP contribution in [-0.4, -0.2) is 20.1 Å². The molecule has 0 bridgehead atoms. The molecule has 6 nitrogen and oxygen atoms in total. The van der Waals surface area contributed by atoms with Gasteiger partial charge in [0, 0.05) is 17.1 Å². The van der Waals surface area contributed by atoms with Gasteiger partial charge in [0.2, 0.25) is 5.91 Å². The van der Waals surface area contributed by atoms with Crippen molar-refractivity contribution in [3.05, 3.63) is 77.9 Å². The molecule has 0 fully saturated rings. The highest BCUT2D eigenvalue weighted by Gasteiger charge is 2.09. The van der Waals surface area contributed by atoms with Gasteiger partial charge in [-0.1, -0.05) is 12.1 Å². The molecule has 6 heteroatoms. The molecule has 0 saturated carbocycles. The van der Waals surface area contributed by atoms with Crippen molar-refractivity contribution < 1.29 is 14.3 Å². The number of ether oxygens (including phenoxy) is 2. The number of nitriles is 1. The van der Waals surface area contributed by atoms with E-state index in [0.29, 0.717) is 22.7 Å². The molecule has 0 radical (unpaired) electrons. The molecule has 3 aromatic carbocycles. The Morgan fingerprint density at radius 3 is 2.31 bits per heavy atom. The fourth-order valence-electron chi connectivity index (χ4n) is 2.85. The fourth-order valence-corrected chi connectivity index (χ4v) is 2.85. The van der Waals surface area contributed by atoms with Crippen molar-refractivity contribution in [3.8, 4) is 17.6 Å². The van der Waals surface area contributed by atoms with E-state index in [4.69, 9.17) is 14.7 Å². The van der Waals surface area contributed by atoms with Crippen LogP contribution in [0.3, 0.4) is 0 Å². The van der Waals surface area contributed by atoms with E-state index in [1.54, 1.807) is 38.5 Å².